The summed E-state index contributed by atoms with van der Waals surface area (Å²) in [5.74, 6) is 0.388. The van der Waals surface area contributed by atoms with Gasteiger partial charge in [0.1, 0.15) is 5.82 Å². The zero-order valence-electron chi connectivity index (χ0n) is 8.74. The van der Waals surface area contributed by atoms with Gasteiger partial charge in [0.2, 0.25) is 0 Å². The maximum atomic E-state index is 12.9. The molecule has 1 aliphatic rings. The maximum Gasteiger partial charge on any atom is 0.256 e. The molecule has 0 radical (unpaired) electrons. The van der Waals surface area contributed by atoms with E-state index in [0.29, 0.717) is 5.56 Å². The van der Waals surface area contributed by atoms with E-state index < -0.39 is 5.82 Å². The molecule has 5 heteroatoms. The minimum atomic E-state index is -0.426. The van der Waals surface area contributed by atoms with Crippen molar-refractivity contribution < 1.29 is 9.18 Å². The number of carbonyl (C=O) groups excluding carboxylic acids is 1. The first kappa shape index (κ1) is 11.7. The topological polar surface area (TPSA) is 20.3 Å². The van der Waals surface area contributed by atoms with E-state index in [1.54, 1.807) is 16.7 Å². The number of carbonyl (C=O) groups is 1. The van der Waals surface area contributed by atoms with Crippen LogP contribution < -0.4 is 0 Å². The number of thioether (sulfide) groups is 1. The molecule has 16 heavy (non-hydrogen) atoms. The average molecular weight is 260 g/mol. The molecular weight excluding hydrogens is 249 g/mol. The van der Waals surface area contributed by atoms with E-state index in [2.05, 4.69) is 0 Å². The van der Waals surface area contributed by atoms with Crippen molar-refractivity contribution in [2.45, 2.75) is 12.3 Å². The van der Waals surface area contributed by atoms with Crippen molar-refractivity contribution in [1.82, 2.24) is 4.90 Å². The summed E-state index contributed by atoms with van der Waals surface area (Å²) in [6.07, 6.45) is 0. The molecule has 86 valence electrons. The Kier molecular flexibility index (Phi) is 3.40. The van der Waals surface area contributed by atoms with Crippen molar-refractivity contribution in [3.05, 3.63) is 34.6 Å². The molecule has 0 spiro atoms. The number of halogens is 2. The van der Waals surface area contributed by atoms with Crippen molar-refractivity contribution in [2.75, 3.05) is 12.3 Å². The molecule has 1 unspecified atom stereocenters. The monoisotopic (exact) mass is 259 g/mol. The van der Waals surface area contributed by atoms with E-state index >= 15 is 0 Å². The molecule has 1 saturated heterocycles. The zero-order chi connectivity index (χ0) is 11.7. The highest BCUT2D eigenvalue weighted by molar-refractivity contribution is 8.00. The fourth-order valence-corrected chi connectivity index (χ4v) is 2.95. The van der Waals surface area contributed by atoms with Crippen molar-refractivity contribution in [2.24, 2.45) is 0 Å². The number of benzene rings is 1. The van der Waals surface area contributed by atoms with Gasteiger partial charge in [-0.3, -0.25) is 4.79 Å². The lowest BCUT2D eigenvalue weighted by Crippen LogP contribution is -2.33. The fourth-order valence-electron chi connectivity index (χ4n) is 1.68. The standard InChI is InChI=1S/C11H11ClFNOS/c1-7-14(4-5-16-7)11(15)9-3-2-8(13)6-10(9)12/h2-3,6-7H,4-5H2,1H3. The Balaban J connectivity index is 2.27. The molecule has 0 bridgehead atoms. The summed E-state index contributed by atoms with van der Waals surface area (Å²) in [5.41, 5.74) is 0.373. The Hall–Kier alpha value is -0.740. The average Bonchev–Trinajstić information content (AvgIpc) is 2.63. The van der Waals surface area contributed by atoms with E-state index in [4.69, 9.17) is 11.6 Å². The lowest BCUT2D eigenvalue weighted by Gasteiger charge is -2.20. The number of hydrogen-bond acceptors (Lipinski definition) is 2. The van der Waals surface area contributed by atoms with Crippen LogP contribution in [0.5, 0.6) is 0 Å². The number of nitrogens with zero attached hydrogens (tertiary/aromatic N) is 1. The van der Waals surface area contributed by atoms with Crippen LogP contribution >= 0.6 is 23.4 Å². The Morgan fingerprint density at radius 1 is 1.62 bits per heavy atom. The van der Waals surface area contributed by atoms with E-state index in [0.717, 1.165) is 12.3 Å². The summed E-state index contributed by atoms with van der Waals surface area (Å²) in [7, 11) is 0. The normalized spacial score (nSPS) is 20.2. The smallest absolute Gasteiger partial charge is 0.256 e. The van der Waals surface area contributed by atoms with Crippen LogP contribution in [0.3, 0.4) is 0 Å². The third-order valence-electron chi connectivity index (χ3n) is 2.55. The van der Waals surface area contributed by atoms with Crippen molar-refractivity contribution in [3.8, 4) is 0 Å². The predicted molar refractivity (Wildman–Crippen MR) is 64.4 cm³/mol. The van der Waals surface area contributed by atoms with Gasteiger partial charge >= 0.3 is 0 Å². The molecule has 0 aliphatic carbocycles. The molecule has 1 heterocycles. The van der Waals surface area contributed by atoms with Crippen LogP contribution in [0, 0.1) is 5.82 Å². The Labute approximate surface area is 103 Å². The summed E-state index contributed by atoms with van der Waals surface area (Å²) in [6, 6.07) is 3.87. The summed E-state index contributed by atoms with van der Waals surface area (Å²) in [5, 5.41) is 0.336. The van der Waals surface area contributed by atoms with Gasteiger partial charge in [0.05, 0.1) is 16.0 Å². The first-order valence-electron chi connectivity index (χ1n) is 4.97. The van der Waals surface area contributed by atoms with Crippen LogP contribution in [0.2, 0.25) is 5.02 Å². The highest BCUT2D eigenvalue weighted by Crippen LogP contribution is 2.27. The predicted octanol–water partition coefficient (Wildman–Crippen LogP) is 3.01. The van der Waals surface area contributed by atoms with Gasteiger partial charge in [-0.05, 0) is 25.1 Å². The molecule has 1 amide bonds. The molecule has 0 N–H and O–H groups in total. The van der Waals surface area contributed by atoms with Crippen molar-refractivity contribution in [1.29, 1.82) is 0 Å². The molecule has 0 saturated carbocycles. The summed E-state index contributed by atoms with van der Waals surface area (Å²) < 4.78 is 12.9. The highest BCUT2D eigenvalue weighted by atomic mass is 35.5. The molecular formula is C11H11ClFNOS. The SMILES string of the molecule is CC1SCCN1C(=O)c1ccc(F)cc1Cl. The summed E-state index contributed by atoms with van der Waals surface area (Å²) >= 11 is 7.58. The van der Waals surface area contributed by atoms with Gasteiger partial charge < -0.3 is 4.90 Å². The highest BCUT2D eigenvalue weighted by Gasteiger charge is 2.27. The molecule has 1 aromatic rings. The van der Waals surface area contributed by atoms with Crippen LogP contribution in [0.25, 0.3) is 0 Å². The second-order valence-electron chi connectivity index (χ2n) is 3.59. The Morgan fingerprint density at radius 2 is 2.38 bits per heavy atom. The lowest BCUT2D eigenvalue weighted by atomic mass is 10.2. The maximum absolute atomic E-state index is 12.9. The minimum Gasteiger partial charge on any atom is -0.326 e. The molecule has 1 atom stereocenters. The largest absolute Gasteiger partial charge is 0.326 e. The third-order valence-corrected chi connectivity index (χ3v) is 4.02. The second kappa shape index (κ2) is 4.63. The summed E-state index contributed by atoms with van der Waals surface area (Å²) in [6.45, 7) is 2.70. The molecule has 2 rings (SSSR count). The van der Waals surface area contributed by atoms with Gasteiger partial charge in [0.15, 0.2) is 0 Å². The number of rotatable bonds is 1. The van der Waals surface area contributed by atoms with Gasteiger partial charge in [-0.15, -0.1) is 11.8 Å². The van der Waals surface area contributed by atoms with E-state index in [-0.39, 0.29) is 16.3 Å². The zero-order valence-corrected chi connectivity index (χ0v) is 10.3. The molecule has 2 nitrogen and oxygen atoms in total. The second-order valence-corrected chi connectivity index (χ2v) is 5.42. The van der Waals surface area contributed by atoms with Crippen LogP contribution in [-0.2, 0) is 0 Å². The quantitative estimate of drug-likeness (QED) is 0.773. The minimum absolute atomic E-state index is 0.123. The van der Waals surface area contributed by atoms with E-state index in [1.165, 1.54) is 18.2 Å². The molecule has 0 aromatic heterocycles. The van der Waals surface area contributed by atoms with Crippen molar-refractivity contribution in [3.63, 3.8) is 0 Å². The van der Waals surface area contributed by atoms with Crippen LogP contribution in [-0.4, -0.2) is 28.5 Å². The first-order chi connectivity index (χ1) is 7.59. The van der Waals surface area contributed by atoms with Gasteiger partial charge in [-0.1, -0.05) is 11.6 Å². The number of hydrogen-bond donors (Lipinski definition) is 0. The van der Waals surface area contributed by atoms with E-state index in [1.807, 2.05) is 6.92 Å². The van der Waals surface area contributed by atoms with Crippen LogP contribution in [0.15, 0.2) is 18.2 Å². The third kappa shape index (κ3) is 2.18. The van der Waals surface area contributed by atoms with Gasteiger partial charge in [0.25, 0.3) is 5.91 Å². The van der Waals surface area contributed by atoms with Crippen LogP contribution in [0.4, 0.5) is 4.39 Å². The Morgan fingerprint density at radius 3 is 2.94 bits per heavy atom. The molecule has 1 aromatic carbocycles. The Bertz CT molecular complexity index is 426. The first-order valence-corrected chi connectivity index (χ1v) is 6.40. The number of amides is 1. The van der Waals surface area contributed by atoms with Crippen molar-refractivity contribution >= 4 is 29.3 Å². The molecule has 1 fully saturated rings. The van der Waals surface area contributed by atoms with Crippen LogP contribution in [0.1, 0.15) is 17.3 Å². The van der Waals surface area contributed by atoms with Gasteiger partial charge in [-0.2, -0.15) is 0 Å². The van der Waals surface area contributed by atoms with Gasteiger partial charge in [-0.25, -0.2) is 4.39 Å². The fraction of sp³-hybridized carbons (Fsp3) is 0.364. The van der Waals surface area contributed by atoms with E-state index in [9.17, 15) is 9.18 Å². The molecule has 1 aliphatic heterocycles. The lowest BCUT2D eigenvalue weighted by molar-refractivity contribution is 0.0769. The summed E-state index contributed by atoms with van der Waals surface area (Å²) in [4.78, 5) is 13.8. The van der Waals surface area contributed by atoms with Gasteiger partial charge in [0, 0.05) is 12.3 Å².